The van der Waals surface area contributed by atoms with Gasteiger partial charge in [0.15, 0.2) is 0 Å². The summed E-state index contributed by atoms with van der Waals surface area (Å²) in [4.78, 5) is 0. The molecule has 1 aromatic rings. The van der Waals surface area contributed by atoms with E-state index in [0.29, 0.717) is 0 Å². The zero-order chi connectivity index (χ0) is 13.5. The minimum Gasteiger partial charge on any atom is -0.381 e. The zero-order valence-corrected chi connectivity index (χ0v) is 12.0. The first kappa shape index (κ1) is 15.2. The minimum atomic E-state index is 0.168. The lowest BCUT2D eigenvalue weighted by Gasteiger charge is -2.20. The minimum absolute atomic E-state index is 0.168. The molecule has 0 spiro atoms. The molecule has 0 aliphatic rings. The van der Waals surface area contributed by atoms with Gasteiger partial charge in [0.1, 0.15) is 0 Å². The number of benzene rings is 1. The first-order valence-electron chi connectivity index (χ1n) is 6.71. The van der Waals surface area contributed by atoms with E-state index in [1.807, 2.05) is 0 Å². The quantitative estimate of drug-likeness (QED) is 0.444. The smallest absolute Gasteiger partial charge is 0.0484 e. The molecule has 18 heavy (non-hydrogen) atoms. The van der Waals surface area contributed by atoms with Gasteiger partial charge in [-0.05, 0) is 55.9 Å². The van der Waals surface area contributed by atoms with Crippen LogP contribution in [0.3, 0.4) is 0 Å². The van der Waals surface area contributed by atoms with E-state index < -0.39 is 0 Å². The van der Waals surface area contributed by atoms with Crippen molar-refractivity contribution in [2.75, 3.05) is 13.2 Å². The fourth-order valence-corrected chi connectivity index (χ4v) is 2.13. The van der Waals surface area contributed by atoms with Crippen molar-refractivity contribution < 1.29 is 4.74 Å². The van der Waals surface area contributed by atoms with E-state index in [1.165, 1.54) is 22.3 Å². The van der Waals surface area contributed by atoms with Crippen LogP contribution in [0.1, 0.15) is 48.1 Å². The van der Waals surface area contributed by atoms with Crippen LogP contribution in [-0.4, -0.2) is 13.2 Å². The Kier molecular flexibility index (Phi) is 6.33. The highest BCUT2D eigenvalue weighted by molar-refractivity contribution is 5.38. The van der Waals surface area contributed by atoms with Crippen molar-refractivity contribution in [3.63, 3.8) is 0 Å². The summed E-state index contributed by atoms with van der Waals surface area (Å²) in [5, 5.41) is 0. The molecule has 0 bridgehead atoms. The largest absolute Gasteiger partial charge is 0.381 e. The van der Waals surface area contributed by atoms with Gasteiger partial charge in [-0.25, -0.2) is 0 Å². The van der Waals surface area contributed by atoms with Gasteiger partial charge >= 0.3 is 0 Å². The van der Waals surface area contributed by atoms with Gasteiger partial charge in [-0.15, -0.1) is 0 Å². The molecule has 0 saturated carbocycles. The molecule has 3 N–H and O–H groups in total. The first-order valence-corrected chi connectivity index (χ1v) is 6.71. The maximum atomic E-state index is 5.67. The van der Waals surface area contributed by atoms with Crippen LogP contribution in [-0.2, 0) is 4.74 Å². The van der Waals surface area contributed by atoms with Crippen molar-refractivity contribution >= 4 is 0 Å². The van der Waals surface area contributed by atoms with E-state index in [9.17, 15) is 0 Å². The summed E-state index contributed by atoms with van der Waals surface area (Å²) in [5.74, 6) is 5.67. The lowest BCUT2D eigenvalue weighted by molar-refractivity contribution is 0.124. The van der Waals surface area contributed by atoms with E-state index in [4.69, 9.17) is 10.6 Å². The molecule has 0 saturated heterocycles. The number of hydrogen-bond donors (Lipinski definition) is 2. The summed E-state index contributed by atoms with van der Waals surface area (Å²) >= 11 is 0. The second-order valence-electron chi connectivity index (χ2n) is 4.91. The van der Waals surface area contributed by atoms with Crippen molar-refractivity contribution in [3.05, 3.63) is 34.4 Å². The van der Waals surface area contributed by atoms with Crippen LogP contribution < -0.4 is 11.3 Å². The topological polar surface area (TPSA) is 47.3 Å². The summed E-state index contributed by atoms with van der Waals surface area (Å²) in [6, 6.07) is 4.62. The molecule has 1 atom stereocenters. The van der Waals surface area contributed by atoms with Crippen LogP contribution in [0.2, 0.25) is 0 Å². The van der Waals surface area contributed by atoms with Gasteiger partial charge in [0.05, 0.1) is 0 Å². The number of nitrogens with one attached hydrogen (secondary N) is 1. The normalized spacial score (nSPS) is 12.7. The highest BCUT2D eigenvalue weighted by atomic mass is 16.5. The lowest BCUT2D eigenvalue weighted by Crippen LogP contribution is -2.29. The van der Waals surface area contributed by atoms with Gasteiger partial charge in [0.2, 0.25) is 0 Å². The van der Waals surface area contributed by atoms with Crippen molar-refractivity contribution in [3.8, 4) is 0 Å². The molecule has 3 nitrogen and oxygen atoms in total. The highest BCUT2D eigenvalue weighted by Gasteiger charge is 2.13. The molecule has 0 aliphatic heterocycles. The van der Waals surface area contributed by atoms with Crippen molar-refractivity contribution in [2.24, 2.45) is 5.84 Å². The molecule has 1 aromatic carbocycles. The summed E-state index contributed by atoms with van der Waals surface area (Å²) in [5.41, 5.74) is 8.11. The van der Waals surface area contributed by atoms with Gasteiger partial charge in [0.25, 0.3) is 0 Å². The van der Waals surface area contributed by atoms with Gasteiger partial charge in [-0.2, -0.15) is 0 Å². The SMILES string of the molecule is CCCOCCC(NN)c1cc(C)c(C)cc1C. The predicted octanol–water partition coefficient (Wildman–Crippen LogP) is 2.93. The fourth-order valence-electron chi connectivity index (χ4n) is 2.13. The Bertz CT molecular complexity index is 377. The van der Waals surface area contributed by atoms with Crippen LogP contribution in [0.5, 0.6) is 0 Å². The molecule has 1 rings (SSSR count). The third-order valence-electron chi connectivity index (χ3n) is 3.36. The zero-order valence-electron chi connectivity index (χ0n) is 12.0. The molecule has 0 radical (unpaired) electrons. The molecule has 102 valence electrons. The third kappa shape index (κ3) is 4.09. The molecule has 0 aliphatic carbocycles. The van der Waals surface area contributed by atoms with Gasteiger partial charge in [-0.1, -0.05) is 19.1 Å². The first-order chi connectivity index (χ1) is 8.60. The third-order valence-corrected chi connectivity index (χ3v) is 3.36. The fraction of sp³-hybridized carbons (Fsp3) is 0.600. The number of hydrazine groups is 1. The van der Waals surface area contributed by atoms with E-state index in [-0.39, 0.29) is 6.04 Å². The maximum Gasteiger partial charge on any atom is 0.0484 e. The monoisotopic (exact) mass is 250 g/mol. The summed E-state index contributed by atoms with van der Waals surface area (Å²) in [6.45, 7) is 10.1. The Morgan fingerprint density at radius 1 is 1.11 bits per heavy atom. The Balaban J connectivity index is 2.72. The molecule has 0 heterocycles. The molecule has 0 aromatic heterocycles. The average molecular weight is 250 g/mol. The van der Waals surface area contributed by atoms with Crippen molar-refractivity contribution in [1.29, 1.82) is 0 Å². The van der Waals surface area contributed by atoms with Crippen LogP contribution in [0.4, 0.5) is 0 Å². The Morgan fingerprint density at radius 2 is 1.78 bits per heavy atom. The number of nitrogens with two attached hydrogens (primary N) is 1. The van der Waals surface area contributed by atoms with Gasteiger partial charge in [-0.3, -0.25) is 11.3 Å². The Labute approximate surface area is 111 Å². The molecule has 0 amide bonds. The van der Waals surface area contributed by atoms with E-state index in [1.54, 1.807) is 0 Å². The molecular weight excluding hydrogens is 224 g/mol. The van der Waals surface area contributed by atoms with E-state index in [0.717, 1.165) is 26.1 Å². The number of aryl methyl sites for hydroxylation is 3. The van der Waals surface area contributed by atoms with Crippen LogP contribution >= 0.6 is 0 Å². The summed E-state index contributed by atoms with van der Waals surface area (Å²) in [6.07, 6.45) is 1.96. The van der Waals surface area contributed by atoms with E-state index in [2.05, 4.69) is 45.3 Å². The number of ether oxygens (including phenoxy) is 1. The van der Waals surface area contributed by atoms with Crippen LogP contribution in [0, 0.1) is 20.8 Å². The van der Waals surface area contributed by atoms with Crippen LogP contribution in [0.25, 0.3) is 0 Å². The van der Waals surface area contributed by atoms with E-state index >= 15 is 0 Å². The van der Waals surface area contributed by atoms with Crippen molar-refractivity contribution in [1.82, 2.24) is 5.43 Å². The number of hydrogen-bond acceptors (Lipinski definition) is 3. The summed E-state index contributed by atoms with van der Waals surface area (Å²) < 4.78 is 5.53. The summed E-state index contributed by atoms with van der Waals surface area (Å²) in [7, 11) is 0. The second-order valence-corrected chi connectivity index (χ2v) is 4.91. The van der Waals surface area contributed by atoms with Gasteiger partial charge < -0.3 is 4.74 Å². The van der Waals surface area contributed by atoms with Crippen molar-refractivity contribution in [2.45, 2.75) is 46.6 Å². The molecule has 1 unspecified atom stereocenters. The molecule has 3 heteroatoms. The standard InChI is InChI=1S/C15H26N2O/c1-5-7-18-8-6-15(17-16)14-10-12(3)11(2)9-13(14)4/h9-10,15,17H,5-8,16H2,1-4H3. The molecular formula is C15H26N2O. The Morgan fingerprint density at radius 3 is 2.39 bits per heavy atom. The lowest BCUT2D eigenvalue weighted by atomic mass is 9.94. The Hall–Kier alpha value is -0.900. The second kappa shape index (κ2) is 7.52. The maximum absolute atomic E-state index is 5.67. The molecule has 0 fully saturated rings. The predicted molar refractivity (Wildman–Crippen MR) is 76.4 cm³/mol. The number of rotatable bonds is 7. The van der Waals surface area contributed by atoms with Crippen LogP contribution in [0.15, 0.2) is 12.1 Å². The average Bonchev–Trinajstić information content (AvgIpc) is 2.35. The van der Waals surface area contributed by atoms with Gasteiger partial charge in [0, 0.05) is 19.3 Å². The highest BCUT2D eigenvalue weighted by Crippen LogP contribution is 2.23.